The number of anilines is 1. The molecular formula is C21H24N2O5. The van der Waals surface area contributed by atoms with Crippen LogP contribution in [0.15, 0.2) is 48.5 Å². The van der Waals surface area contributed by atoms with Crippen LogP contribution in [-0.4, -0.2) is 22.9 Å². The summed E-state index contributed by atoms with van der Waals surface area (Å²) >= 11 is 0. The van der Waals surface area contributed by atoms with Gasteiger partial charge in [-0.15, -0.1) is 0 Å². The standard InChI is InChI=1S/C21H24N2O5/c1-4-14(2)17-10-6-7-11-18(17)22-21(25)15(3)28-20(24)13-16-9-5-8-12-19(16)23(26)27/h5-12,14-15H,4,13H2,1-3H3,(H,22,25). The molecule has 0 spiro atoms. The molecule has 7 nitrogen and oxygen atoms in total. The zero-order valence-corrected chi connectivity index (χ0v) is 16.2. The number of hydrogen-bond donors (Lipinski definition) is 1. The minimum Gasteiger partial charge on any atom is -0.452 e. The Hall–Kier alpha value is -3.22. The van der Waals surface area contributed by atoms with Crippen LogP contribution in [0.4, 0.5) is 11.4 Å². The molecule has 7 heteroatoms. The minimum atomic E-state index is -1.03. The average Bonchev–Trinajstić information content (AvgIpc) is 2.67. The van der Waals surface area contributed by atoms with E-state index in [9.17, 15) is 19.7 Å². The molecule has 0 aliphatic carbocycles. The molecule has 1 N–H and O–H groups in total. The van der Waals surface area contributed by atoms with Crippen LogP contribution in [-0.2, 0) is 20.7 Å². The molecule has 0 aliphatic rings. The van der Waals surface area contributed by atoms with Crippen molar-refractivity contribution in [3.05, 3.63) is 69.8 Å². The number of carbonyl (C=O) groups excluding carboxylic acids is 2. The number of nitro benzene ring substituents is 1. The van der Waals surface area contributed by atoms with Gasteiger partial charge in [0.15, 0.2) is 6.10 Å². The number of ether oxygens (including phenoxy) is 1. The molecule has 1 amide bonds. The lowest BCUT2D eigenvalue weighted by molar-refractivity contribution is -0.385. The summed E-state index contributed by atoms with van der Waals surface area (Å²) in [5.41, 5.74) is 1.78. The summed E-state index contributed by atoms with van der Waals surface area (Å²) in [6.07, 6.45) is -0.383. The Balaban J connectivity index is 2.02. The SMILES string of the molecule is CCC(C)c1ccccc1NC(=O)C(C)OC(=O)Cc1ccccc1[N+](=O)[O-]. The van der Waals surface area contributed by atoms with E-state index in [4.69, 9.17) is 4.74 Å². The summed E-state index contributed by atoms with van der Waals surface area (Å²) in [6.45, 7) is 5.61. The van der Waals surface area contributed by atoms with E-state index in [1.54, 1.807) is 12.1 Å². The van der Waals surface area contributed by atoms with Gasteiger partial charge < -0.3 is 10.1 Å². The van der Waals surface area contributed by atoms with Gasteiger partial charge >= 0.3 is 5.97 Å². The number of hydrogen-bond acceptors (Lipinski definition) is 5. The third-order valence-corrected chi connectivity index (χ3v) is 4.56. The Morgan fingerprint density at radius 2 is 1.75 bits per heavy atom. The molecule has 2 rings (SSSR count). The first-order valence-corrected chi connectivity index (χ1v) is 9.15. The van der Waals surface area contributed by atoms with Crippen LogP contribution in [0.1, 0.15) is 44.2 Å². The smallest absolute Gasteiger partial charge is 0.311 e. The Bertz CT molecular complexity index is 865. The fraction of sp³-hybridized carbons (Fsp3) is 0.333. The third-order valence-electron chi connectivity index (χ3n) is 4.56. The molecule has 2 aromatic rings. The van der Waals surface area contributed by atoms with E-state index < -0.39 is 22.9 Å². The molecule has 2 unspecified atom stereocenters. The van der Waals surface area contributed by atoms with E-state index in [2.05, 4.69) is 19.2 Å². The van der Waals surface area contributed by atoms with Crippen molar-refractivity contribution in [3.63, 3.8) is 0 Å². The highest BCUT2D eigenvalue weighted by atomic mass is 16.6. The summed E-state index contributed by atoms with van der Waals surface area (Å²) in [5, 5.41) is 13.8. The number of nitrogens with one attached hydrogen (secondary N) is 1. The number of amides is 1. The predicted octanol–water partition coefficient (Wildman–Crippen LogP) is 4.22. The first kappa shape index (κ1) is 21.1. The topological polar surface area (TPSA) is 98.5 Å². The van der Waals surface area contributed by atoms with Crippen molar-refractivity contribution in [1.29, 1.82) is 0 Å². The van der Waals surface area contributed by atoms with E-state index in [1.165, 1.54) is 25.1 Å². The zero-order valence-electron chi connectivity index (χ0n) is 16.2. The number of rotatable bonds is 8. The van der Waals surface area contributed by atoms with Gasteiger partial charge in [0.2, 0.25) is 0 Å². The molecule has 0 aromatic heterocycles. The number of para-hydroxylation sites is 2. The highest BCUT2D eigenvalue weighted by molar-refractivity contribution is 5.95. The summed E-state index contributed by atoms with van der Waals surface area (Å²) < 4.78 is 5.18. The van der Waals surface area contributed by atoms with Gasteiger partial charge in [0.05, 0.1) is 11.3 Å². The normalized spacial score (nSPS) is 12.7. The Morgan fingerprint density at radius 1 is 1.11 bits per heavy atom. The first-order valence-electron chi connectivity index (χ1n) is 9.15. The van der Waals surface area contributed by atoms with Gasteiger partial charge in [0.1, 0.15) is 0 Å². The monoisotopic (exact) mass is 384 g/mol. The number of carbonyl (C=O) groups is 2. The highest BCUT2D eigenvalue weighted by Crippen LogP contribution is 2.26. The lowest BCUT2D eigenvalue weighted by Crippen LogP contribution is -2.31. The lowest BCUT2D eigenvalue weighted by Gasteiger charge is -2.18. The molecule has 2 atom stereocenters. The molecular weight excluding hydrogens is 360 g/mol. The minimum absolute atomic E-state index is 0.154. The molecule has 0 radical (unpaired) electrons. The van der Waals surface area contributed by atoms with Gasteiger partial charge in [0.25, 0.3) is 11.6 Å². The van der Waals surface area contributed by atoms with E-state index in [-0.39, 0.29) is 23.6 Å². The Kier molecular flexibility index (Phi) is 7.26. The number of nitrogens with zero attached hydrogens (tertiary/aromatic N) is 1. The number of esters is 1. The van der Waals surface area contributed by atoms with Gasteiger partial charge in [-0.3, -0.25) is 19.7 Å². The van der Waals surface area contributed by atoms with Crippen molar-refractivity contribution in [2.24, 2.45) is 0 Å². The van der Waals surface area contributed by atoms with Crippen LogP contribution in [0.3, 0.4) is 0 Å². The second-order valence-electron chi connectivity index (χ2n) is 6.58. The van der Waals surface area contributed by atoms with Crippen molar-refractivity contribution in [2.75, 3.05) is 5.32 Å². The Labute approximate surface area is 163 Å². The summed E-state index contributed by atoms with van der Waals surface area (Å²) in [4.78, 5) is 35.1. The van der Waals surface area contributed by atoms with Crippen molar-refractivity contribution >= 4 is 23.3 Å². The van der Waals surface area contributed by atoms with Crippen molar-refractivity contribution in [2.45, 2.75) is 45.6 Å². The van der Waals surface area contributed by atoms with E-state index >= 15 is 0 Å². The van der Waals surface area contributed by atoms with Crippen LogP contribution >= 0.6 is 0 Å². The predicted molar refractivity (Wildman–Crippen MR) is 106 cm³/mol. The molecule has 148 valence electrons. The fourth-order valence-electron chi connectivity index (χ4n) is 2.78. The highest BCUT2D eigenvalue weighted by Gasteiger charge is 2.22. The Morgan fingerprint density at radius 3 is 2.43 bits per heavy atom. The van der Waals surface area contributed by atoms with E-state index in [0.29, 0.717) is 5.69 Å². The molecule has 0 saturated heterocycles. The van der Waals surface area contributed by atoms with Crippen molar-refractivity contribution in [1.82, 2.24) is 0 Å². The summed E-state index contributed by atoms with van der Waals surface area (Å²) in [5.74, 6) is -0.883. The van der Waals surface area contributed by atoms with Gasteiger partial charge in [0, 0.05) is 17.3 Å². The number of nitro groups is 1. The van der Waals surface area contributed by atoms with E-state index in [1.807, 2.05) is 18.2 Å². The second kappa shape index (κ2) is 9.64. The average molecular weight is 384 g/mol. The maximum Gasteiger partial charge on any atom is 0.311 e. The van der Waals surface area contributed by atoms with Crippen molar-refractivity contribution < 1.29 is 19.2 Å². The van der Waals surface area contributed by atoms with Gasteiger partial charge in [-0.05, 0) is 30.9 Å². The summed E-state index contributed by atoms with van der Waals surface area (Å²) in [7, 11) is 0. The lowest BCUT2D eigenvalue weighted by atomic mass is 9.97. The van der Waals surface area contributed by atoms with Crippen LogP contribution < -0.4 is 5.32 Å². The van der Waals surface area contributed by atoms with E-state index in [0.717, 1.165) is 12.0 Å². The third kappa shape index (κ3) is 5.39. The molecule has 0 saturated carbocycles. The first-order chi connectivity index (χ1) is 13.3. The largest absolute Gasteiger partial charge is 0.452 e. The van der Waals surface area contributed by atoms with Gasteiger partial charge in [-0.2, -0.15) is 0 Å². The van der Waals surface area contributed by atoms with Crippen molar-refractivity contribution in [3.8, 4) is 0 Å². The molecule has 0 heterocycles. The quantitative estimate of drug-likeness (QED) is 0.417. The maximum atomic E-state index is 12.4. The summed E-state index contributed by atoms with van der Waals surface area (Å²) in [6, 6.07) is 13.4. The maximum absolute atomic E-state index is 12.4. The second-order valence-corrected chi connectivity index (χ2v) is 6.58. The van der Waals surface area contributed by atoms with Crippen LogP contribution in [0, 0.1) is 10.1 Å². The molecule has 0 bridgehead atoms. The van der Waals surface area contributed by atoms with Crippen LogP contribution in [0.25, 0.3) is 0 Å². The van der Waals surface area contributed by atoms with Crippen LogP contribution in [0.5, 0.6) is 0 Å². The van der Waals surface area contributed by atoms with Crippen LogP contribution in [0.2, 0.25) is 0 Å². The van der Waals surface area contributed by atoms with Gasteiger partial charge in [-0.1, -0.05) is 50.2 Å². The molecule has 28 heavy (non-hydrogen) atoms. The molecule has 2 aromatic carbocycles. The zero-order chi connectivity index (χ0) is 20.7. The fourth-order valence-corrected chi connectivity index (χ4v) is 2.78. The number of benzene rings is 2. The molecule has 0 fully saturated rings. The molecule has 0 aliphatic heterocycles. The van der Waals surface area contributed by atoms with Gasteiger partial charge in [-0.25, -0.2) is 0 Å².